The molecule has 180 valence electrons. The fourth-order valence-electron chi connectivity index (χ4n) is 4.27. The summed E-state index contributed by atoms with van der Waals surface area (Å²) >= 11 is 0. The number of hydrogen-bond donors (Lipinski definition) is 2. The van der Waals surface area contributed by atoms with Crippen LogP contribution in [0.4, 0.5) is 18.9 Å². The Morgan fingerprint density at radius 2 is 1.63 bits per heavy atom. The molecule has 0 atom stereocenters. The predicted octanol–water partition coefficient (Wildman–Crippen LogP) is 5.13. The van der Waals surface area contributed by atoms with Crippen LogP contribution in [0.25, 0.3) is 11.1 Å². The van der Waals surface area contributed by atoms with Crippen molar-refractivity contribution in [1.82, 2.24) is 5.32 Å². The van der Waals surface area contributed by atoms with Gasteiger partial charge in [-0.1, -0.05) is 24.3 Å². The van der Waals surface area contributed by atoms with Crippen LogP contribution in [0, 0.1) is 0 Å². The molecule has 1 heterocycles. The Labute approximate surface area is 199 Å². The minimum atomic E-state index is -4.65. The number of anilines is 1. The number of amides is 2. The van der Waals surface area contributed by atoms with E-state index in [9.17, 15) is 22.8 Å². The maximum absolute atomic E-state index is 13.9. The van der Waals surface area contributed by atoms with Crippen molar-refractivity contribution >= 4 is 17.5 Å². The minimum absolute atomic E-state index is 0.0455. The molecule has 1 aliphatic heterocycles. The van der Waals surface area contributed by atoms with Gasteiger partial charge in [0.2, 0.25) is 12.7 Å². The molecule has 0 aromatic heterocycles. The van der Waals surface area contributed by atoms with Gasteiger partial charge in [0, 0.05) is 18.3 Å². The largest absolute Gasteiger partial charge is 0.454 e. The Morgan fingerprint density at radius 3 is 2.29 bits per heavy atom. The first-order valence-corrected chi connectivity index (χ1v) is 11.0. The third kappa shape index (κ3) is 4.18. The lowest BCUT2D eigenvalue weighted by atomic mass is 9.94. The van der Waals surface area contributed by atoms with Gasteiger partial charge < -0.3 is 20.1 Å². The minimum Gasteiger partial charge on any atom is -0.454 e. The van der Waals surface area contributed by atoms with Gasteiger partial charge in [0.15, 0.2) is 11.5 Å². The van der Waals surface area contributed by atoms with E-state index >= 15 is 0 Å². The summed E-state index contributed by atoms with van der Waals surface area (Å²) in [6.45, 7) is 0.110. The summed E-state index contributed by atoms with van der Waals surface area (Å²) in [6.07, 6.45) is -3.48. The molecule has 35 heavy (non-hydrogen) atoms. The number of hydrogen-bond acceptors (Lipinski definition) is 4. The van der Waals surface area contributed by atoms with Gasteiger partial charge in [0.25, 0.3) is 5.91 Å². The Morgan fingerprint density at radius 1 is 0.914 bits per heavy atom. The van der Waals surface area contributed by atoms with Crippen molar-refractivity contribution in [1.29, 1.82) is 0 Å². The van der Waals surface area contributed by atoms with Crippen molar-refractivity contribution in [3.05, 3.63) is 77.4 Å². The normalized spacial score (nSPS) is 15.4. The zero-order chi connectivity index (χ0) is 24.8. The number of alkyl halides is 3. The van der Waals surface area contributed by atoms with Gasteiger partial charge in [-0.15, -0.1) is 0 Å². The topological polar surface area (TPSA) is 76.7 Å². The number of carbonyl (C=O) groups is 2. The Kier molecular flexibility index (Phi) is 5.42. The van der Waals surface area contributed by atoms with E-state index in [-0.39, 0.29) is 29.9 Å². The Bertz CT molecular complexity index is 1320. The third-order valence-corrected chi connectivity index (χ3v) is 6.38. The van der Waals surface area contributed by atoms with E-state index < -0.39 is 17.2 Å². The SMILES string of the molecule is CNC(=O)c1ccc(-c2ccc(NC(=O)C3(c4ccc5c(c4)OCO5)CC3)cc2C(F)(F)F)cc1. The second-order valence-corrected chi connectivity index (χ2v) is 8.52. The molecule has 0 spiro atoms. The van der Waals surface area contributed by atoms with E-state index in [1.54, 1.807) is 18.2 Å². The van der Waals surface area contributed by atoms with Gasteiger partial charge in [0.05, 0.1) is 11.0 Å². The summed E-state index contributed by atoms with van der Waals surface area (Å²) < 4.78 is 52.6. The van der Waals surface area contributed by atoms with E-state index in [1.807, 2.05) is 0 Å². The highest BCUT2D eigenvalue weighted by molar-refractivity contribution is 6.02. The van der Waals surface area contributed by atoms with Crippen molar-refractivity contribution < 1.29 is 32.2 Å². The molecule has 3 aromatic carbocycles. The van der Waals surface area contributed by atoms with Crippen molar-refractivity contribution in [3.63, 3.8) is 0 Å². The molecule has 3 aromatic rings. The van der Waals surface area contributed by atoms with Gasteiger partial charge in [-0.3, -0.25) is 9.59 Å². The van der Waals surface area contributed by atoms with Crippen LogP contribution in [0.3, 0.4) is 0 Å². The number of halogens is 3. The highest BCUT2D eigenvalue weighted by Gasteiger charge is 2.51. The maximum Gasteiger partial charge on any atom is 0.417 e. The summed E-state index contributed by atoms with van der Waals surface area (Å²) in [4.78, 5) is 24.9. The molecule has 1 saturated carbocycles. The summed E-state index contributed by atoms with van der Waals surface area (Å²) in [6, 6.07) is 14.8. The van der Waals surface area contributed by atoms with Crippen LogP contribution in [0.1, 0.15) is 34.3 Å². The van der Waals surface area contributed by atoms with Gasteiger partial charge in [-0.05, 0) is 65.9 Å². The maximum atomic E-state index is 13.9. The lowest BCUT2D eigenvalue weighted by molar-refractivity contribution is -0.137. The first-order chi connectivity index (χ1) is 16.7. The Hall–Kier alpha value is -4.01. The number of ether oxygens (including phenoxy) is 2. The molecule has 0 saturated heterocycles. The quantitative estimate of drug-likeness (QED) is 0.529. The molecule has 2 aliphatic rings. The molecule has 1 aliphatic carbocycles. The number of rotatable bonds is 5. The Balaban J connectivity index is 1.42. The van der Waals surface area contributed by atoms with Crippen LogP contribution < -0.4 is 20.1 Å². The molecule has 0 unspecified atom stereocenters. The lowest BCUT2D eigenvalue weighted by Crippen LogP contribution is -2.28. The summed E-state index contributed by atoms with van der Waals surface area (Å²) in [5.41, 5.74) is -0.294. The first-order valence-electron chi connectivity index (χ1n) is 11.0. The van der Waals surface area contributed by atoms with Crippen molar-refractivity contribution in [2.75, 3.05) is 19.2 Å². The van der Waals surface area contributed by atoms with Crippen LogP contribution >= 0.6 is 0 Å². The van der Waals surface area contributed by atoms with Gasteiger partial charge in [-0.2, -0.15) is 13.2 Å². The number of nitrogens with one attached hydrogen (secondary N) is 2. The van der Waals surface area contributed by atoms with Gasteiger partial charge in [0.1, 0.15) is 0 Å². The molecule has 5 rings (SSSR count). The fraction of sp³-hybridized carbons (Fsp3) is 0.231. The van der Waals surface area contributed by atoms with Gasteiger partial charge >= 0.3 is 6.18 Å². The number of carbonyl (C=O) groups excluding carboxylic acids is 2. The summed E-state index contributed by atoms with van der Waals surface area (Å²) in [5.74, 6) is 0.445. The van der Waals surface area contributed by atoms with Crippen molar-refractivity contribution in [3.8, 4) is 22.6 Å². The summed E-state index contributed by atoms with van der Waals surface area (Å²) in [7, 11) is 1.48. The van der Waals surface area contributed by atoms with Crippen LogP contribution in [0.2, 0.25) is 0 Å². The smallest absolute Gasteiger partial charge is 0.417 e. The second-order valence-electron chi connectivity index (χ2n) is 8.52. The van der Waals surface area contributed by atoms with Crippen molar-refractivity contribution in [2.45, 2.75) is 24.4 Å². The molecular formula is C26H21F3N2O4. The zero-order valence-electron chi connectivity index (χ0n) is 18.7. The third-order valence-electron chi connectivity index (χ3n) is 6.38. The monoisotopic (exact) mass is 482 g/mol. The molecule has 0 bridgehead atoms. The van der Waals surface area contributed by atoms with Crippen molar-refractivity contribution in [2.24, 2.45) is 0 Å². The molecule has 2 N–H and O–H groups in total. The highest BCUT2D eigenvalue weighted by Crippen LogP contribution is 2.51. The molecule has 0 radical (unpaired) electrons. The van der Waals surface area contributed by atoms with Crippen LogP contribution in [-0.4, -0.2) is 25.7 Å². The first kappa shape index (κ1) is 22.8. The molecule has 1 fully saturated rings. The van der Waals surface area contributed by atoms with E-state index in [1.165, 1.54) is 43.4 Å². The highest BCUT2D eigenvalue weighted by atomic mass is 19.4. The van der Waals surface area contributed by atoms with E-state index in [0.29, 0.717) is 35.5 Å². The van der Waals surface area contributed by atoms with Crippen LogP contribution in [0.5, 0.6) is 11.5 Å². The average Bonchev–Trinajstić information content (AvgIpc) is 3.54. The second kappa shape index (κ2) is 8.33. The molecule has 9 heteroatoms. The fourth-order valence-corrected chi connectivity index (χ4v) is 4.27. The lowest BCUT2D eigenvalue weighted by Gasteiger charge is -2.19. The number of benzene rings is 3. The number of fused-ring (bicyclic) bond motifs is 1. The summed E-state index contributed by atoms with van der Waals surface area (Å²) in [5, 5.41) is 5.14. The van der Waals surface area contributed by atoms with E-state index in [4.69, 9.17) is 9.47 Å². The average molecular weight is 482 g/mol. The van der Waals surface area contributed by atoms with Crippen LogP contribution in [-0.2, 0) is 16.4 Å². The zero-order valence-corrected chi connectivity index (χ0v) is 18.7. The molecule has 2 amide bonds. The predicted molar refractivity (Wildman–Crippen MR) is 122 cm³/mol. The van der Waals surface area contributed by atoms with E-state index in [0.717, 1.165) is 11.6 Å². The molecule has 6 nitrogen and oxygen atoms in total. The molecular weight excluding hydrogens is 461 g/mol. The van der Waals surface area contributed by atoms with E-state index in [2.05, 4.69) is 10.6 Å². The van der Waals surface area contributed by atoms with Crippen LogP contribution in [0.15, 0.2) is 60.7 Å². The van der Waals surface area contributed by atoms with Gasteiger partial charge in [-0.25, -0.2) is 0 Å². The standard InChI is InChI=1S/C26H21F3N2O4/c1-30-23(32)16-4-2-15(3-5-16)19-8-7-18(13-20(19)26(27,28)29)31-24(33)25(10-11-25)17-6-9-21-22(12-17)35-14-34-21/h2-9,12-13H,10-11,14H2,1H3,(H,30,32)(H,31,33).